The van der Waals surface area contributed by atoms with Crippen LogP contribution in [0.25, 0.3) is 0 Å². The highest BCUT2D eigenvalue weighted by Gasteiger charge is 2.21. The number of rotatable bonds is 11. The highest BCUT2D eigenvalue weighted by molar-refractivity contribution is 7.99. The highest BCUT2D eigenvalue weighted by atomic mass is 32.2. The van der Waals surface area contributed by atoms with Gasteiger partial charge in [0.25, 0.3) is 5.91 Å². The first-order valence-electron chi connectivity index (χ1n) is 12.9. The molecule has 7 nitrogen and oxygen atoms in total. The molecule has 3 heterocycles. The van der Waals surface area contributed by atoms with Crippen molar-refractivity contribution in [1.82, 2.24) is 14.9 Å². The molecule has 2 aromatic heterocycles. The van der Waals surface area contributed by atoms with Gasteiger partial charge in [-0.05, 0) is 56.4 Å². The van der Waals surface area contributed by atoms with Crippen LogP contribution in [-0.4, -0.2) is 59.1 Å². The minimum atomic E-state index is -0.180. The number of aromatic nitrogens is 2. The van der Waals surface area contributed by atoms with E-state index < -0.39 is 0 Å². The molecular formula is C28H35N5O2S2. The number of nitrogens with zero attached hydrogens (tertiary/aromatic N) is 4. The third kappa shape index (κ3) is 7.55. The number of thiazole rings is 1. The molecule has 1 aromatic carbocycles. The molecule has 1 saturated heterocycles. The van der Waals surface area contributed by atoms with Gasteiger partial charge in [-0.1, -0.05) is 36.9 Å². The lowest BCUT2D eigenvalue weighted by molar-refractivity contribution is -0.127. The molecule has 196 valence electrons. The van der Waals surface area contributed by atoms with Crippen molar-refractivity contribution in [2.45, 2.75) is 50.0 Å². The van der Waals surface area contributed by atoms with E-state index in [-0.39, 0.29) is 17.7 Å². The van der Waals surface area contributed by atoms with Crippen LogP contribution in [0.3, 0.4) is 0 Å². The molecule has 0 saturated carbocycles. The van der Waals surface area contributed by atoms with Crippen molar-refractivity contribution in [3.8, 4) is 0 Å². The zero-order chi connectivity index (χ0) is 26.0. The van der Waals surface area contributed by atoms with Crippen LogP contribution in [0.1, 0.15) is 60.4 Å². The first-order valence-corrected chi connectivity index (χ1v) is 14.8. The van der Waals surface area contributed by atoms with Crippen LogP contribution in [0.5, 0.6) is 0 Å². The van der Waals surface area contributed by atoms with Crippen molar-refractivity contribution in [3.05, 3.63) is 64.7 Å². The summed E-state index contributed by atoms with van der Waals surface area (Å²) in [6.45, 7) is 4.80. The first kappa shape index (κ1) is 27.1. The molecule has 1 unspecified atom stereocenters. The number of nitrogens with one attached hydrogen (secondary N) is 1. The number of para-hydroxylation sites is 2. The van der Waals surface area contributed by atoms with Crippen LogP contribution < -0.4 is 10.2 Å². The number of anilines is 2. The molecule has 0 spiro atoms. The molecule has 1 atom stereocenters. The smallest absolute Gasteiger partial charge is 0.275 e. The number of carbonyl (C=O) groups excluding carboxylic acids is 2. The van der Waals surface area contributed by atoms with E-state index in [1.165, 1.54) is 42.4 Å². The van der Waals surface area contributed by atoms with Crippen molar-refractivity contribution < 1.29 is 9.59 Å². The number of piperidine rings is 1. The molecule has 1 N–H and O–H groups in total. The predicted octanol–water partition coefficient (Wildman–Crippen LogP) is 5.92. The number of hydrogen-bond donors (Lipinski definition) is 1. The molecule has 0 bridgehead atoms. The van der Waals surface area contributed by atoms with Gasteiger partial charge in [-0.15, -0.1) is 11.3 Å². The van der Waals surface area contributed by atoms with Gasteiger partial charge in [-0.3, -0.25) is 9.59 Å². The Hall–Kier alpha value is -2.91. The maximum atomic E-state index is 13.1. The number of thioether (sulfide) groups is 1. The van der Waals surface area contributed by atoms with Crippen molar-refractivity contribution in [2.24, 2.45) is 0 Å². The predicted molar refractivity (Wildman–Crippen MR) is 153 cm³/mol. The minimum Gasteiger partial charge on any atom is -0.370 e. The van der Waals surface area contributed by atoms with E-state index in [2.05, 4.69) is 28.2 Å². The zero-order valence-corrected chi connectivity index (χ0v) is 23.2. The number of carbonyl (C=O) groups is 2. The summed E-state index contributed by atoms with van der Waals surface area (Å²) < 4.78 is 0. The Morgan fingerprint density at radius 3 is 2.68 bits per heavy atom. The summed E-state index contributed by atoms with van der Waals surface area (Å²) in [6.07, 6.45) is 7.06. The summed E-state index contributed by atoms with van der Waals surface area (Å²) in [5.41, 5.74) is 2.36. The summed E-state index contributed by atoms with van der Waals surface area (Å²) in [4.78, 5) is 38.7. The van der Waals surface area contributed by atoms with Crippen molar-refractivity contribution in [3.63, 3.8) is 0 Å². The average molecular weight is 538 g/mol. The fraction of sp³-hybridized carbons (Fsp3) is 0.429. The second-order valence-corrected chi connectivity index (χ2v) is 11.1. The van der Waals surface area contributed by atoms with E-state index in [4.69, 9.17) is 4.98 Å². The number of pyridine rings is 1. The largest absolute Gasteiger partial charge is 0.370 e. The van der Waals surface area contributed by atoms with E-state index in [9.17, 15) is 9.59 Å². The van der Waals surface area contributed by atoms with E-state index in [0.717, 1.165) is 47.3 Å². The Kier molecular flexibility index (Phi) is 9.96. The summed E-state index contributed by atoms with van der Waals surface area (Å²) in [5, 5.41) is 6.73. The van der Waals surface area contributed by atoms with Gasteiger partial charge in [-0.2, -0.15) is 0 Å². The van der Waals surface area contributed by atoms with Crippen molar-refractivity contribution in [1.29, 1.82) is 0 Å². The van der Waals surface area contributed by atoms with Gasteiger partial charge >= 0.3 is 0 Å². The van der Waals surface area contributed by atoms with E-state index >= 15 is 0 Å². The molecule has 1 fully saturated rings. The topological polar surface area (TPSA) is 78.4 Å². The van der Waals surface area contributed by atoms with Crippen LogP contribution >= 0.6 is 23.1 Å². The van der Waals surface area contributed by atoms with Crippen LogP contribution in [0, 0.1) is 0 Å². The summed E-state index contributed by atoms with van der Waals surface area (Å²) in [7, 11) is 1.84. The standard InChI is InChI=1S/C28H35N5O2S2/c1-3-21(14-18-32(2)26(34)20-36-25-13-7-8-15-29-25)28-31-23(19-37-28)27(35)30-22-11-5-6-12-24(22)33-16-9-4-10-17-33/h5-8,11-13,15,19,21H,3-4,9-10,14,16-18,20H2,1-2H3,(H,30,35). The molecule has 1 aliphatic rings. The summed E-state index contributed by atoms with van der Waals surface area (Å²) in [5.74, 6) is 0.466. The van der Waals surface area contributed by atoms with Crippen LogP contribution in [-0.2, 0) is 4.79 Å². The molecule has 2 amide bonds. The number of benzene rings is 1. The lowest BCUT2D eigenvalue weighted by Gasteiger charge is -2.30. The van der Waals surface area contributed by atoms with Gasteiger partial charge in [-0.25, -0.2) is 9.97 Å². The lowest BCUT2D eigenvalue weighted by atomic mass is 10.0. The molecule has 0 aliphatic carbocycles. The molecule has 9 heteroatoms. The van der Waals surface area contributed by atoms with Gasteiger partial charge in [0.1, 0.15) is 5.69 Å². The van der Waals surface area contributed by atoms with Gasteiger partial charge in [0, 0.05) is 44.2 Å². The summed E-state index contributed by atoms with van der Waals surface area (Å²) in [6, 6.07) is 13.7. The third-order valence-electron chi connectivity index (χ3n) is 6.67. The Morgan fingerprint density at radius 2 is 1.92 bits per heavy atom. The minimum absolute atomic E-state index is 0.0806. The van der Waals surface area contributed by atoms with Gasteiger partial charge < -0.3 is 15.1 Å². The Morgan fingerprint density at radius 1 is 1.14 bits per heavy atom. The Bertz CT molecular complexity index is 1160. The Balaban J connectivity index is 1.31. The van der Waals surface area contributed by atoms with Crippen LogP contribution in [0.2, 0.25) is 0 Å². The Labute approximate surface area is 227 Å². The third-order valence-corrected chi connectivity index (χ3v) is 8.60. The normalized spacial score (nSPS) is 14.3. The highest BCUT2D eigenvalue weighted by Crippen LogP contribution is 2.30. The molecular weight excluding hydrogens is 502 g/mol. The maximum Gasteiger partial charge on any atom is 0.275 e. The molecule has 0 radical (unpaired) electrons. The second-order valence-electron chi connectivity index (χ2n) is 9.26. The average Bonchev–Trinajstić information content (AvgIpc) is 3.44. The molecule has 3 aromatic rings. The molecule has 4 rings (SSSR count). The van der Waals surface area contributed by atoms with Gasteiger partial charge in [0.05, 0.1) is 27.2 Å². The molecule has 1 aliphatic heterocycles. The fourth-order valence-electron chi connectivity index (χ4n) is 4.41. The van der Waals surface area contributed by atoms with Crippen molar-refractivity contribution in [2.75, 3.05) is 42.7 Å². The van der Waals surface area contributed by atoms with Crippen LogP contribution in [0.15, 0.2) is 59.1 Å². The SMILES string of the molecule is CCC(CCN(C)C(=O)CSc1ccccn1)c1nc(C(=O)Nc2ccccc2N2CCCCC2)cs1. The fourth-order valence-corrected chi connectivity index (χ4v) is 6.23. The van der Waals surface area contributed by atoms with Gasteiger partial charge in [0.15, 0.2) is 0 Å². The van der Waals surface area contributed by atoms with Crippen molar-refractivity contribution >= 4 is 46.3 Å². The second kappa shape index (κ2) is 13.6. The number of amides is 2. The van der Waals surface area contributed by atoms with Gasteiger partial charge in [0.2, 0.25) is 5.91 Å². The quantitative estimate of drug-likeness (QED) is 0.306. The summed E-state index contributed by atoms with van der Waals surface area (Å²) >= 11 is 2.97. The zero-order valence-electron chi connectivity index (χ0n) is 21.6. The van der Waals surface area contributed by atoms with Crippen LogP contribution in [0.4, 0.5) is 11.4 Å². The first-order chi connectivity index (χ1) is 18.0. The monoisotopic (exact) mass is 537 g/mol. The van der Waals surface area contributed by atoms with E-state index in [1.54, 1.807) is 11.1 Å². The maximum absolute atomic E-state index is 13.1. The van der Waals surface area contributed by atoms with E-state index in [0.29, 0.717) is 18.0 Å². The number of hydrogen-bond acceptors (Lipinski definition) is 7. The molecule has 37 heavy (non-hydrogen) atoms. The van der Waals surface area contributed by atoms with E-state index in [1.807, 2.05) is 48.8 Å². The lowest BCUT2D eigenvalue weighted by Crippen LogP contribution is -2.30.